The smallest absolute Gasteiger partial charge is 0.244 e. The van der Waals surface area contributed by atoms with Crippen LogP contribution in [0.3, 0.4) is 0 Å². The molecule has 1 saturated heterocycles. The Bertz CT molecular complexity index is 1480. The summed E-state index contributed by atoms with van der Waals surface area (Å²) in [6, 6.07) is 21.8. The average molecular weight is 537 g/mol. The van der Waals surface area contributed by atoms with Crippen LogP contribution in [0, 0.1) is 5.82 Å². The molecule has 1 aliphatic heterocycles. The zero-order valence-corrected chi connectivity index (χ0v) is 21.6. The number of amides is 1. The topological polar surface area (TPSA) is 80.1 Å². The Morgan fingerprint density at radius 3 is 2.47 bits per heavy atom. The fraction of sp³-hybridized carbons (Fsp3) is 0.276. The lowest BCUT2D eigenvalue weighted by Crippen LogP contribution is -2.45. The molecule has 198 valence electrons. The number of furan rings is 1. The van der Waals surface area contributed by atoms with Gasteiger partial charge in [-0.15, -0.1) is 0 Å². The van der Waals surface area contributed by atoms with Gasteiger partial charge in [0.2, 0.25) is 15.9 Å². The third-order valence-electron chi connectivity index (χ3n) is 6.68. The van der Waals surface area contributed by atoms with Crippen molar-refractivity contribution in [3.05, 3.63) is 102 Å². The minimum absolute atomic E-state index is 0.0719. The van der Waals surface area contributed by atoms with Gasteiger partial charge in [-0.1, -0.05) is 48.5 Å². The van der Waals surface area contributed by atoms with Crippen LogP contribution in [0.15, 0.2) is 94.4 Å². The fourth-order valence-electron chi connectivity index (χ4n) is 4.71. The molecule has 1 atom stereocenters. The van der Waals surface area contributed by atoms with E-state index in [2.05, 4.69) is 0 Å². The van der Waals surface area contributed by atoms with Crippen LogP contribution in [0.4, 0.5) is 4.39 Å². The molecule has 1 aliphatic rings. The molecule has 2 heterocycles. The summed E-state index contributed by atoms with van der Waals surface area (Å²) in [7, 11) is -4.05. The predicted molar refractivity (Wildman–Crippen MR) is 141 cm³/mol. The Morgan fingerprint density at radius 2 is 1.74 bits per heavy atom. The zero-order valence-electron chi connectivity index (χ0n) is 20.8. The number of nitrogens with zero attached hydrogens (tertiary/aromatic N) is 2. The molecule has 1 fully saturated rings. The average Bonchev–Trinajstić information content (AvgIpc) is 3.63. The number of carbonyl (C=O) groups is 1. The number of benzene rings is 3. The number of fused-ring (bicyclic) bond motifs is 1. The summed E-state index contributed by atoms with van der Waals surface area (Å²) in [5.41, 5.74) is 0.717. The highest BCUT2D eigenvalue weighted by Gasteiger charge is 2.33. The van der Waals surface area contributed by atoms with E-state index < -0.39 is 15.9 Å². The Morgan fingerprint density at radius 1 is 0.947 bits per heavy atom. The van der Waals surface area contributed by atoms with Gasteiger partial charge in [0.1, 0.15) is 11.6 Å². The van der Waals surface area contributed by atoms with Crippen molar-refractivity contribution in [2.75, 3.05) is 19.7 Å². The Balaban J connectivity index is 1.46. The van der Waals surface area contributed by atoms with E-state index in [1.807, 2.05) is 18.2 Å². The second-order valence-corrected chi connectivity index (χ2v) is 11.3. The van der Waals surface area contributed by atoms with Crippen molar-refractivity contribution in [1.82, 2.24) is 9.21 Å². The van der Waals surface area contributed by atoms with Gasteiger partial charge in [-0.3, -0.25) is 4.79 Å². The molecule has 0 saturated carbocycles. The quantitative estimate of drug-likeness (QED) is 0.286. The van der Waals surface area contributed by atoms with Gasteiger partial charge < -0.3 is 14.1 Å². The second kappa shape index (κ2) is 11.5. The Hall–Kier alpha value is -3.53. The summed E-state index contributed by atoms with van der Waals surface area (Å²) in [6.45, 7) is 0.582. The van der Waals surface area contributed by atoms with Crippen LogP contribution in [0.5, 0.6) is 0 Å². The van der Waals surface area contributed by atoms with Crippen LogP contribution >= 0.6 is 0 Å². The normalized spacial score (nSPS) is 15.8. The van der Waals surface area contributed by atoms with Gasteiger partial charge in [-0.05, 0) is 54.1 Å². The van der Waals surface area contributed by atoms with Crippen molar-refractivity contribution in [2.24, 2.45) is 0 Å². The van der Waals surface area contributed by atoms with E-state index in [1.165, 1.54) is 27.6 Å². The lowest BCUT2D eigenvalue weighted by molar-refractivity contribution is -0.133. The number of rotatable bonds is 10. The standard InChI is InChI=1S/C29H29FN2O5S/c30-24-14-12-22(13-15-24)18-31(19-25-8-4-16-36-25)29(33)21-32(20-26-9-5-17-37-26)38(34,35)28-11-3-7-23-6-1-2-10-27(23)28/h1-4,6-8,10-16,26H,5,9,17-21H2. The number of hydrogen-bond acceptors (Lipinski definition) is 5. The van der Waals surface area contributed by atoms with E-state index in [4.69, 9.17) is 9.15 Å². The molecule has 7 nitrogen and oxygen atoms in total. The van der Waals surface area contributed by atoms with Gasteiger partial charge in [0, 0.05) is 25.1 Å². The molecule has 1 unspecified atom stereocenters. The maximum atomic E-state index is 14.0. The van der Waals surface area contributed by atoms with Crippen LogP contribution in [-0.4, -0.2) is 49.3 Å². The van der Waals surface area contributed by atoms with Crippen molar-refractivity contribution < 1.29 is 26.8 Å². The molecule has 4 aromatic rings. The van der Waals surface area contributed by atoms with Gasteiger partial charge in [0.15, 0.2) is 0 Å². The molecule has 1 amide bonds. The predicted octanol–water partition coefficient (Wildman–Crippen LogP) is 4.97. The number of halogens is 1. The summed E-state index contributed by atoms with van der Waals surface area (Å²) in [5.74, 6) is -0.211. The first-order valence-corrected chi connectivity index (χ1v) is 14.0. The number of hydrogen-bond donors (Lipinski definition) is 0. The zero-order chi connectivity index (χ0) is 26.5. The largest absolute Gasteiger partial charge is 0.467 e. The fourth-order valence-corrected chi connectivity index (χ4v) is 6.34. The van der Waals surface area contributed by atoms with E-state index >= 15 is 0 Å². The maximum Gasteiger partial charge on any atom is 0.244 e. The van der Waals surface area contributed by atoms with Gasteiger partial charge >= 0.3 is 0 Å². The highest BCUT2D eigenvalue weighted by atomic mass is 32.2. The summed E-state index contributed by atoms with van der Waals surface area (Å²) in [6.07, 6.45) is 2.80. The molecular weight excluding hydrogens is 507 g/mol. The maximum absolute atomic E-state index is 14.0. The molecule has 9 heteroatoms. The van der Waals surface area contributed by atoms with E-state index in [0.717, 1.165) is 18.2 Å². The number of sulfonamides is 1. The van der Waals surface area contributed by atoms with E-state index in [1.54, 1.807) is 48.5 Å². The lowest BCUT2D eigenvalue weighted by Gasteiger charge is -2.28. The summed E-state index contributed by atoms with van der Waals surface area (Å²) >= 11 is 0. The molecule has 0 spiro atoms. The monoisotopic (exact) mass is 536 g/mol. The van der Waals surface area contributed by atoms with Crippen LogP contribution < -0.4 is 0 Å². The molecule has 5 rings (SSSR count). The lowest BCUT2D eigenvalue weighted by atomic mass is 10.1. The first kappa shape index (κ1) is 26.1. The minimum Gasteiger partial charge on any atom is -0.467 e. The molecule has 0 aliphatic carbocycles. The van der Waals surface area contributed by atoms with E-state index in [9.17, 15) is 17.6 Å². The highest BCUT2D eigenvalue weighted by molar-refractivity contribution is 7.89. The first-order valence-electron chi connectivity index (χ1n) is 12.5. The number of ether oxygens (including phenoxy) is 1. The van der Waals surface area contributed by atoms with Crippen molar-refractivity contribution in [3.8, 4) is 0 Å². The molecule has 3 aromatic carbocycles. The van der Waals surface area contributed by atoms with Crippen LogP contribution in [0.2, 0.25) is 0 Å². The van der Waals surface area contributed by atoms with Gasteiger partial charge in [-0.25, -0.2) is 12.8 Å². The molecule has 38 heavy (non-hydrogen) atoms. The van der Waals surface area contributed by atoms with Crippen molar-refractivity contribution in [3.63, 3.8) is 0 Å². The number of carbonyl (C=O) groups excluding carboxylic acids is 1. The summed E-state index contributed by atoms with van der Waals surface area (Å²) in [4.78, 5) is 15.4. The Labute approximate surface area is 221 Å². The summed E-state index contributed by atoms with van der Waals surface area (Å²) < 4.78 is 54.0. The molecule has 0 bridgehead atoms. The molecule has 0 N–H and O–H groups in total. The van der Waals surface area contributed by atoms with E-state index in [0.29, 0.717) is 23.3 Å². The van der Waals surface area contributed by atoms with Crippen LogP contribution in [-0.2, 0) is 32.6 Å². The van der Waals surface area contributed by atoms with Crippen LogP contribution in [0.25, 0.3) is 10.8 Å². The summed E-state index contributed by atoms with van der Waals surface area (Å²) in [5, 5.41) is 1.39. The molecular formula is C29H29FN2O5S. The third kappa shape index (κ3) is 5.96. The van der Waals surface area contributed by atoms with Crippen LogP contribution in [0.1, 0.15) is 24.2 Å². The van der Waals surface area contributed by atoms with Gasteiger partial charge in [-0.2, -0.15) is 4.31 Å². The minimum atomic E-state index is -4.05. The van der Waals surface area contributed by atoms with Gasteiger partial charge in [0.05, 0.1) is 30.4 Å². The third-order valence-corrected chi connectivity index (χ3v) is 8.55. The molecule has 1 aromatic heterocycles. The molecule has 0 radical (unpaired) electrons. The van der Waals surface area contributed by atoms with Crippen molar-refractivity contribution in [1.29, 1.82) is 0 Å². The Kier molecular flexibility index (Phi) is 7.87. The first-order chi connectivity index (χ1) is 18.4. The van der Waals surface area contributed by atoms with E-state index in [-0.39, 0.29) is 43.0 Å². The SMILES string of the molecule is O=C(CN(CC1CCCO1)S(=O)(=O)c1cccc2ccccc12)N(Cc1ccc(F)cc1)Cc1ccco1. The van der Waals surface area contributed by atoms with Gasteiger partial charge in [0.25, 0.3) is 0 Å². The van der Waals surface area contributed by atoms with Crippen molar-refractivity contribution in [2.45, 2.75) is 36.9 Å². The highest BCUT2D eigenvalue weighted by Crippen LogP contribution is 2.27. The second-order valence-electron chi connectivity index (χ2n) is 9.37. The van der Waals surface area contributed by atoms with Crippen molar-refractivity contribution >= 4 is 26.7 Å².